The van der Waals surface area contributed by atoms with Gasteiger partial charge in [-0.25, -0.2) is 0 Å². The van der Waals surface area contributed by atoms with Gasteiger partial charge in [0.2, 0.25) is 0 Å². The van der Waals surface area contributed by atoms with E-state index >= 15 is 0 Å². The molecule has 2 rings (SSSR count). The second kappa shape index (κ2) is 9.57. The maximum atomic E-state index is 12.0. The van der Waals surface area contributed by atoms with E-state index < -0.39 is 18.5 Å². The van der Waals surface area contributed by atoms with Crippen LogP contribution < -0.4 is 5.32 Å². The van der Waals surface area contributed by atoms with Crippen molar-refractivity contribution in [1.29, 1.82) is 0 Å². The summed E-state index contributed by atoms with van der Waals surface area (Å²) in [5.74, 6) is -1.46. The lowest BCUT2D eigenvalue weighted by Crippen LogP contribution is -2.21. The van der Waals surface area contributed by atoms with Crippen LogP contribution in [0.2, 0.25) is 15.1 Å². The number of anilines is 1. The molecule has 26 heavy (non-hydrogen) atoms. The number of ether oxygens (including phenoxy) is 1. The van der Waals surface area contributed by atoms with Gasteiger partial charge in [0.1, 0.15) is 0 Å². The Labute approximate surface area is 165 Å². The van der Waals surface area contributed by atoms with Crippen LogP contribution in [0.3, 0.4) is 0 Å². The first-order valence-electron chi connectivity index (χ1n) is 7.55. The molecule has 8 heteroatoms. The van der Waals surface area contributed by atoms with Gasteiger partial charge in [0.25, 0.3) is 5.91 Å². The average Bonchev–Trinajstić information content (AvgIpc) is 2.61. The zero-order valence-electron chi connectivity index (χ0n) is 13.4. The van der Waals surface area contributed by atoms with Gasteiger partial charge in [-0.05, 0) is 36.4 Å². The van der Waals surface area contributed by atoms with Crippen molar-refractivity contribution in [1.82, 2.24) is 0 Å². The predicted octanol–water partition coefficient (Wildman–Crippen LogP) is 4.79. The molecule has 0 fully saturated rings. The van der Waals surface area contributed by atoms with Crippen molar-refractivity contribution in [3.8, 4) is 0 Å². The molecule has 136 valence electrons. The molecular formula is C18H14Cl3NO4. The molecule has 0 saturated carbocycles. The number of carbonyl (C=O) groups is 3. The highest BCUT2D eigenvalue weighted by molar-refractivity contribution is 6.39. The number of benzene rings is 2. The number of Topliss-reactive ketones (excluding diaryl/α,β-unsaturated/α-hetero) is 1. The minimum absolute atomic E-state index is 0.0293. The molecule has 1 N–H and O–H groups in total. The van der Waals surface area contributed by atoms with Gasteiger partial charge in [0.05, 0.1) is 22.2 Å². The Bertz CT molecular complexity index is 801. The van der Waals surface area contributed by atoms with Crippen molar-refractivity contribution >= 4 is 58.1 Å². The van der Waals surface area contributed by atoms with Crippen molar-refractivity contribution in [2.24, 2.45) is 0 Å². The summed E-state index contributed by atoms with van der Waals surface area (Å²) in [6.07, 6.45) is -0.167. The van der Waals surface area contributed by atoms with E-state index in [1.807, 2.05) is 0 Å². The van der Waals surface area contributed by atoms with Crippen LogP contribution in [-0.2, 0) is 14.3 Å². The summed E-state index contributed by atoms with van der Waals surface area (Å²) in [5.41, 5.74) is 0.697. The van der Waals surface area contributed by atoms with Crippen LogP contribution in [0.25, 0.3) is 0 Å². The highest BCUT2D eigenvalue weighted by Crippen LogP contribution is 2.29. The van der Waals surface area contributed by atoms with Gasteiger partial charge in [0, 0.05) is 17.0 Å². The molecule has 5 nitrogen and oxygen atoms in total. The Morgan fingerprint density at radius 3 is 2.12 bits per heavy atom. The number of esters is 1. The van der Waals surface area contributed by atoms with Crippen LogP contribution in [0.1, 0.15) is 23.2 Å². The Balaban J connectivity index is 1.77. The van der Waals surface area contributed by atoms with Gasteiger partial charge < -0.3 is 10.1 Å². The van der Waals surface area contributed by atoms with Gasteiger partial charge in [0.15, 0.2) is 12.4 Å². The number of halogens is 3. The third-order valence-corrected chi connectivity index (χ3v) is 4.20. The number of rotatable bonds is 7. The number of nitrogens with one attached hydrogen (secondary N) is 1. The molecule has 0 aliphatic rings. The molecule has 0 aliphatic carbocycles. The number of carbonyl (C=O) groups excluding carboxylic acids is 3. The molecule has 0 atom stereocenters. The van der Waals surface area contributed by atoms with E-state index in [2.05, 4.69) is 5.32 Å². The molecule has 0 spiro atoms. The molecular weight excluding hydrogens is 401 g/mol. The molecule has 0 radical (unpaired) electrons. The Hall–Kier alpha value is -2.08. The first kappa shape index (κ1) is 20.2. The molecule has 0 aromatic heterocycles. The van der Waals surface area contributed by atoms with Crippen LogP contribution in [-0.4, -0.2) is 24.3 Å². The van der Waals surface area contributed by atoms with E-state index in [4.69, 9.17) is 39.5 Å². The topological polar surface area (TPSA) is 72.5 Å². The summed E-state index contributed by atoms with van der Waals surface area (Å²) in [5, 5.41) is 3.53. The molecule has 0 bridgehead atoms. The van der Waals surface area contributed by atoms with Gasteiger partial charge in [-0.3, -0.25) is 14.4 Å². The summed E-state index contributed by atoms with van der Waals surface area (Å²) >= 11 is 17.6. The third kappa shape index (κ3) is 6.02. The lowest BCUT2D eigenvalue weighted by molar-refractivity contribution is -0.147. The van der Waals surface area contributed by atoms with Crippen LogP contribution >= 0.6 is 34.8 Å². The standard InChI is InChI=1S/C18H14Cl3NO4/c19-12-6-4-11(5-7-12)15(23)8-9-17(25)26-10-16(24)22-18-13(20)2-1-3-14(18)21/h1-7H,8-10H2,(H,22,24). The monoisotopic (exact) mass is 413 g/mol. The molecule has 0 saturated heterocycles. The number of hydrogen-bond acceptors (Lipinski definition) is 4. The second-order valence-corrected chi connectivity index (χ2v) is 6.49. The number of hydrogen-bond donors (Lipinski definition) is 1. The normalized spacial score (nSPS) is 10.3. The first-order chi connectivity index (χ1) is 12.4. The maximum absolute atomic E-state index is 12.0. The predicted molar refractivity (Wildman–Crippen MR) is 101 cm³/mol. The fourth-order valence-electron chi connectivity index (χ4n) is 2.01. The zero-order chi connectivity index (χ0) is 19.1. The summed E-state index contributed by atoms with van der Waals surface area (Å²) in [6, 6.07) is 11.1. The van der Waals surface area contributed by atoms with Crippen molar-refractivity contribution in [2.45, 2.75) is 12.8 Å². The van der Waals surface area contributed by atoms with Crippen molar-refractivity contribution in [3.05, 3.63) is 63.1 Å². The minimum atomic E-state index is -0.660. The average molecular weight is 415 g/mol. The van der Waals surface area contributed by atoms with Gasteiger partial charge in [-0.2, -0.15) is 0 Å². The highest BCUT2D eigenvalue weighted by Gasteiger charge is 2.14. The van der Waals surface area contributed by atoms with E-state index in [1.54, 1.807) is 42.5 Å². The lowest BCUT2D eigenvalue weighted by Gasteiger charge is -2.09. The molecule has 0 aliphatic heterocycles. The summed E-state index contributed by atoms with van der Waals surface area (Å²) < 4.78 is 4.85. The summed E-state index contributed by atoms with van der Waals surface area (Å²) in [4.78, 5) is 35.5. The van der Waals surface area contributed by atoms with Gasteiger partial charge in [-0.15, -0.1) is 0 Å². The fraction of sp³-hybridized carbons (Fsp3) is 0.167. The number of amides is 1. The van der Waals surface area contributed by atoms with Crippen molar-refractivity contribution in [3.63, 3.8) is 0 Å². The summed E-state index contributed by atoms with van der Waals surface area (Å²) in [7, 11) is 0. The van der Waals surface area contributed by atoms with E-state index in [9.17, 15) is 14.4 Å². The first-order valence-corrected chi connectivity index (χ1v) is 8.68. The molecule has 0 unspecified atom stereocenters. The summed E-state index contributed by atoms with van der Waals surface area (Å²) in [6.45, 7) is -0.504. The van der Waals surface area contributed by atoms with Crippen LogP contribution in [0.4, 0.5) is 5.69 Å². The van der Waals surface area contributed by atoms with Crippen molar-refractivity contribution < 1.29 is 19.1 Å². The van der Waals surface area contributed by atoms with E-state index in [1.165, 1.54) is 0 Å². The smallest absolute Gasteiger partial charge is 0.306 e. The third-order valence-electron chi connectivity index (χ3n) is 3.31. The van der Waals surface area contributed by atoms with Gasteiger partial charge in [-0.1, -0.05) is 40.9 Å². The SMILES string of the molecule is O=C(COC(=O)CCC(=O)c1ccc(Cl)cc1)Nc1c(Cl)cccc1Cl. The van der Waals surface area contributed by atoms with E-state index in [-0.39, 0.29) is 34.4 Å². The highest BCUT2D eigenvalue weighted by atomic mass is 35.5. The molecule has 1 amide bonds. The van der Waals surface area contributed by atoms with E-state index in [0.29, 0.717) is 10.6 Å². The van der Waals surface area contributed by atoms with Crippen LogP contribution in [0.5, 0.6) is 0 Å². The van der Waals surface area contributed by atoms with Gasteiger partial charge >= 0.3 is 5.97 Å². The number of ketones is 1. The Morgan fingerprint density at radius 1 is 0.885 bits per heavy atom. The number of para-hydroxylation sites is 1. The Kier molecular flexibility index (Phi) is 7.45. The van der Waals surface area contributed by atoms with Crippen LogP contribution in [0.15, 0.2) is 42.5 Å². The molecule has 0 heterocycles. The lowest BCUT2D eigenvalue weighted by atomic mass is 10.1. The van der Waals surface area contributed by atoms with Crippen LogP contribution in [0, 0.1) is 0 Å². The maximum Gasteiger partial charge on any atom is 0.306 e. The molecule has 2 aromatic carbocycles. The second-order valence-electron chi connectivity index (χ2n) is 5.24. The Morgan fingerprint density at radius 2 is 1.50 bits per heavy atom. The van der Waals surface area contributed by atoms with Crippen molar-refractivity contribution in [2.75, 3.05) is 11.9 Å². The largest absolute Gasteiger partial charge is 0.456 e. The van der Waals surface area contributed by atoms with E-state index in [0.717, 1.165) is 0 Å². The fourth-order valence-corrected chi connectivity index (χ4v) is 2.62. The molecule has 2 aromatic rings. The quantitative estimate of drug-likeness (QED) is 0.522. The zero-order valence-corrected chi connectivity index (χ0v) is 15.7. The minimum Gasteiger partial charge on any atom is -0.456 e.